The minimum absolute atomic E-state index is 0.114. The summed E-state index contributed by atoms with van der Waals surface area (Å²) in [5.74, 6) is 0.956. The highest BCUT2D eigenvalue weighted by molar-refractivity contribution is 9.10. The summed E-state index contributed by atoms with van der Waals surface area (Å²) in [6.07, 6.45) is 1.55. The maximum atomic E-state index is 11.9. The Hall–Kier alpha value is -3.12. The minimum Gasteiger partial charge on any atom is -0.488 e. The van der Waals surface area contributed by atoms with Crippen LogP contribution >= 0.6 is 15.9 Å². The maximum Gasteiger partial charge on any atom is 0.277 e. The molecule has 6 heteroatoms. The molecular formula is C22H19BrN2O3. The first-order chi connectivity index (χ1) is 13.7. The Morgan fingerprint density at radius 1 is 0.964 bits per heavy atom. The van der Waals surface area contributed by atoms with Gasteiger partial charge < -0.3 is 9.47 Å². The molecule has 0 spiro atoms. The molecule has 3 aromatic carbocycles. The maximum absolute atomic E-state index is 11.9. The van der Waals surface area contributed by atoms with E-state index in [2.05, 4.69) is 26.5 Å². The van der Waals surface area contributed by atoms with Gasteiger partial charge in [-0.05, 0) is 35.9 Å². The van der Waals surface area contributed by atoms with Gasteiger partial charge in [-0.3, -0.25) is 4.79 Å². The van der Waals surface area contributed by atoms with Crippen LogP contribution in [0.3, 0.4) is 0 Å². The molecule has 0 atom stereocenters. The third-order valence-electron chi connectivity index (χ3n) is 3.72. The number of rotatable bonds is 8. The molecular weight excluding hydrogens is 420 g/mol. The molecule has 0 radical (unpaired) electrons. The number of ether oxygens (including phenoxy) is 2. The molecule has 0 fully saturated rings. The second kappa shape index (κ2) is 10.3. The van der Waals surface area contributed by atoms with Crippen LogP contribution in [-0.4, -0.2) is 18.7 Å². The summed E-state index contributed by atoms with van der Waals surface area (Å²) in [6.45, 7) is 0.331. The van der Waals surface area contributed by atoms with Crippen molar-refractivity contribution in [2.75, 3.05) is 6.61 Å². The number of carbonyl (C=O) groups excluding carboxylic acids is 1. The number of hydrogen-bond acceptors (Lipinski definition) is 4. The lowest BCUT2D eigenvalue weighted by molar-refractivity contribution is -0.123. The molecule has 0 aliphatic rings. The Morgan fingerprint density at radius 2 is 1.68 bits per heavy atom. The van der Waals surface area contributed by atoms with Crippen LogP contribution in [0.1, 0.15) is 11.1 Å². The van der Waals surface area contributed by atoms with Gasteiger partial charge in [0.05, 0.1) is 6.21 Å². The van der Waals surface area contributed by atoms with Gasteiger partial charge in [-0.1, -0.05) is 64.5 Å². The fourth-order valence-corrected chi connectivity index (χ4v) is 2.74. The summed E-state index contributed by atoms with van der Waals surface area (Å²) in [4.78, 5) is 11.9. The molecule has 0 bridgehead atoms. The van der Waals surface area contributed by atoms with E-state index < -0.39 is 0 Å². The van der Waals surface area contributed by atoms with E-state index in [-0.39, 0.29) is 12.5 Å². The number of hydrazone groups is 1. The smallest absolute Gasteiger partial charge is 0.277 e. The van der Waals surface area contributed by atoms with Crippen LogP contribution in [0.4, 0.5) is 0 Å². The van der Waals surface area contributed by atoms with Crippen molar-refractivity contribution in [2.45, 2.75) is 6.61 Å². The Balaban J connectivity index is 1.56. The van der Waals surface area contributed by atoms with Crippen molar-refractivity contribution in [2.24, 2.45) is 5.10 Å². The molecule has 0 saturated heterocycles. The molecule has 0 saturated carbocycles. The number of hydrogen-bond donors (Lipinski definition) is 1. The number of nitrogens with one attached hydrogen (secondary N) is 1. The molecule has 0 aromatic heterocycles. The summed E-state index contributed by atoms with van der Waals surface area (Å²) in [5.41, 5.74) is 4.27. The molecule has 0 aliphatic heterocycles. The van der Waals surface area contributed by atoms with Crippen molar-refractivity contribution in [1.82, 2.24) is 5.43 Å². The first kappa shape index (κ1) is 19.6. The van der Waals surface area contributed by atoms with Gasteiger partial charge in [0.1, 0.15) is 18.1 Å². The standard InChI is InChI=1S/C22H19BrN2O3/c23-19-11-12-21(28-15-17-7-3-1-4-8-17)18(13-19)14-24-25-22(26)16-27-20-9-5-2-6-10-20/h1-14H,15-16H2,(H,25,26)/b24-14+. The van der Waals surface area contributed by atoms with Crippen molar-refractivity contribution >= 4 is 28.1 Å². The van der Waals surface area contributed by atoms with Gasteiger partial charge in [-0.15, -0.1) is 0 Å². The average Bonchev–Trinajstić information content (AvgIpc) is 2.73. The van der Waals surface area contributed by atoms with Crippen LogP contribution in [-0.2, 0) is 11.4 Å². The Bertz CT molecular complexity index is 931. The zero-order valence-corrected chi connectivity index (χ0v) is 16.6. The van der Waals surface area contributed by atoms with Gasteiger partial charge in [0, 0.05) is 10.0 Å². The van der Waals surface area contributed by atoms with Gasteiger partial charge in [-0.25, -0.2) is 5.43 Å². The Labute approximate surface area is 172 Å². The van der Waals surface area contributed by atoms with Crippen molar-refractivity contribution in [3.8, 4) is 11.5 Å². The largest absolute Gasteiger partial charge is 0.488 e. The third kappa shape index (κ3) is 6.25. The molecule has 0 unspecified atom stereocenters. The monoisotopic (exact) mass is 438 g/mol. The second-order valence-corrected chi connectivity index (χ2v) is 6.77. The van der Waals surface area contributed by atoms with Gasteiger partial charge in [0.25, 0.3) is 5.91 Å². The van der Waals surface area contributed by atoms with Gasteiger partial charge in [-0.2, -0.15) is 5.10 Å². The molecule has 1 amide bonds. The molecule has 1 N–H and O–H groups in total. The molecule has 28 heavy (non-hydrogen) atoms. The predicted octanol–water partition coefficient (Wildman–Crippen LogP) is 4.56. The normalized spacial score (nSPS) is 10.6. The first-order valence-corrected chi connectivity index (χ1v) is 9.46. The third-order valence-corrected chi connectivity index (χ3v) is 4.21. The Morgan fingerprint density at radius 3 is 2.43 bits per heavy atom. The number of para-hydroxylation sites is 1. The average molecular weight is 439 g/mol. The van der Waals surface area contributed by atoms with Gasteiger partial charge in [0.2, 0.25) is 0 Å². The van der Waals surface area contributed by atoms with Crippen LogP contribution in [0, 0.1) is 0 Å². The lowest BCUT2D eigenvalue weighted by Gasteiger charge is -2.10. The summed E-state index contributed by atoms with van der Waals surface area (Å²) >= 11 is 3.44. The lowest BCUT2D eigenvalue weighted by atomic mass is 10.2. The number of nitrogens with zero attached hydrogens (tertiary/aromatic N) is 1. The fraction of sp³-hybridized carbons (Fsp3) is 0.0909. The van der Waals surface area contributed by atoms with E-state index in [1.54, 1.807) is 18.3 Å². The van der Waals surface area contributed by atoms with E-state index in [0.717, 1.165) is 15.6 Å². The molecule has 3 aromatic rings. The summed E-state index contributed by atoms with van der Waals surface area (Å²) in [5, 5.41) is 4.01. The van der Waals surface area contributed by atoms with Crippen LogP contribution in [0.2, 0.25) is 0 Å². The molecule has 142 valence electrons. The zero-order valence-electron chi connectivity index (χ0n) is 15.0. The molecule has 5 nitrogen and oxygen atoms in total. The molecule has 0 heterocycles. The Kier molecular flexibility index (Phi) is 7.21. The van der Waals surface area contributed by atoms with Gasteiger partial charge >= 0.3 is 0 Å². The van der Waals surface area contributed by atoms with Crippen LogP contribution in [0.5, 0.6) is 11.5 Å². The van der Waals surface area contributed by atoms with Crippen molar-refractivity contribution in [3.63, 3.8) is 0 Å². The van der Waals surface area contributed by atoms with E-state index in [0.29, 0.717) is 18.1 Å². The van der Waals surface area contributed by atoms with Crippen molar-refractivity contribution in [3.05, 3.63) is 94.5 Å². The second-order valence-electron chi connectivity index (χ2n) is 5.85. The SMILES string of the molecule is O=C(COc1ccccc1)N/N=C/c1cc(Br)ccc1OCc1ccccc1. The highest BCUT2D eigenvalue weighted by Crippen LogP contribution is 2.22. The summed E-state index contributed by atoms with van der Waals surface area (Å²) < 4.78 is 12.2. The van der Waals surface area contributed by atoms with Crippen LogP contribution < -0.4 is 14.9 Å². The van der Waals surface area contributed by atoms with Gasteiger partial charge in [0.15, 0.2) is 6.61 Å². The molecule has 3 rings (SSSR count). The van der Waals surface area contributed by atoms with E-state index in [1.807, 2.05) is 66.7 Å². The fourth-order valence-electron chi connectivity index (χ4n) is 2.36. The first-order valence-electron chi connectivity index (χ1n) is 8.67. The van der Waals surface area contributed by atoms with Crippen molar-refractivity contribution < 1.29 is 14.3 Å². The number of benzene rings is 3. The van der Waals surface area contributed by atoms with E-state index in [4.69, 9.17) is 9.47 Å². The molecule has 0 aliphatic carbocycles. The zero-order chi connectivity index (χ0) is 19.6. The summed E-state index contributed by atoms with van der Waals surface area (Å²) in [7, 11) is 0. The van der Waals surface area contributed by atoms with Crippen LogP contribution in [0.15, 0.2) is 88.4 Å². The minimum atomic E-state index is -0.346. The number of amides is 1. The topological polar surface area (TPSA) is 59.9 Å². The van der Waals surface area contributed by atoms with E-state index >= 15 is 0 Å². The quantitative estimate of drug-likeness (QED) is 0.414. The van der Waals surface area contributed by atoms with Crippen molar-refractivity contribution in [1.29, 1.82) is 0 Å². The summed E-state index contributed by atoms with van der Waals surface area (Å²) in [6, 6.07) is 24.7. The van der Waals surface area contributed by atoms with Crippen LogP contribution in [0.25, 0.3) is 0 Å². The lowest BCUT2D eigenvalue weighted by Crippen LogP contribution is -2.24. The van der Waals surface area contributed by atoms with E-state index in [1.165, 1.54) is 0 Å². The van der Waals surface area contributed by atoms with E-state index in [9.17, 15) is 4.79 Å². The highest BCUT2D eigenvalue weighted by Gasteiger charge is 2.05. The predicted molar refractivity (Wildman–Crippen MR) is 113 cm³/mol. The highest BCUT2D eigenvalue weighted by atomic mass is 79.9. The number of carbonyl (C=O) groups is 1. The number of halogens is 1.